The van der Waals surface area contributed by atoms with Crippen LogP contribution in [-0.4, -0.2) is 39.8 Å². The number of halogens is 1. The highest BCUT2D eigenvalue weighted by molar-refractivity contribution is 6.33. The molecule has 0 radical (unpaired) electrons. The van der Waals surface area contributed by atoms with Crippen LogP contribution in [0.15, 0.2) is 24.3 Å². The summed E-state index contributed by atoms with van der Waals surface area (Å²) in [6.07, 6.45) is 4.28. The molecule has 2 aliphatic heterocycles. The molecule has 5 nitrogen and oxygen atoms in total. The lowest BCUT2D eigenvalue weighted by Crippen LogP contribution is -2.45. The fourth-order valence-electron chi connectivity index (χ4n) is 3.53. The summed E-state index contributed by atoms with van der Waals surface area (Å²) in [7, 11) is 0. The van der Waals surface area contributed by atoms with Gasteiger partial charge < -0.3 is 9.84 Å². The number of aromatic carboxylic acids is 1. The third-order valence-electron chi connectivity index (χ3n) is 4.57. The molecular weight excluding hydrogens is 342 g/mol. The SMILES string of the molecule is CC(C)(C)OC(=O)N1C2C=C(c3ccc(Cl)c(C(=O)O)c3)CC1CC2. The summed E-state index contributed by atoms with van der Waals surface area (Å²) in [6.45, 7) is 5.58. The van der Waals surface area contributed by atoms with Crippen molar-refractivity contribution in [3.05, 3.63) is 40.4 Å². The number of hydrogen-bond donors (Lipinski definition) is 1. The normalized spacial score (nSPS) is 22.6. The van der Waals surface area contributed by atoms with Gasteiger partial charge >= 0.3 is 12.1 Å². The highest BCUT2D eigenvalue weighted by atomic mass is 35.5. The molecule has 25 heavy (non-hydrogen) atoms. The van der Waals surface area contributed by atoms with Crippen LogP contribution in [-0.2, 0) is 4.74 Å². The van der Waals surface area contributed by atoms with Gasteiger partial charge in [0.05, 0.1) is 16.6 Å². The maximum Gasteiger partial charge on any atom is 0.411 e. The number of carboxylic acid groups (broad SMARTS) is 1. The van der Waals surface area contributed by atoms with Crippen molar-refractivity contribution in [2.75, 3.05) is 0 Å². The second-order valence-electron chi connectivity index (χ2n) is 7.58. The summed E-state index contributed by atoms with van der Waals surface area (Å²) in [6, 6.07) is 5.14. The van der Waals surface area contributed by atoms with E-state index in [1.54, 1.807) is 12.1 Å². The van der Waals surface area contributed by atoms with E-state index in [9.17, 15) is 14.7 Å². The number of carboxylic acids is 1. The van der Waals surface area contributed by atoms with Gasteiger partial charge in [-0.05, 0) is 63.3 Å². The van der Waals surface area contributed by atoms with Crippen molar-refractivity contribution < 1.29 is 19.4 Å². The fraction of sp³-hybridized carbons (Fsp3) is 0.474. The number of carbonyl (C=O) groups is 2. The molecule has 134 valence electrons. The average Bonchev–Trinajstić information content (AvgIpc) is 2.76. The Kier molecular flexibility index (Phi) is 4.54. The summed E-state index contributed by atoms with van der Waals surface area (Å²) < 4.78 is 5.53. The van der Waals surface area contributed by atoms with Crippen molar-refractivity contribution in [1.82, 2.24) is 4.90 Å². The van der Waals surface area contributed by atoms with Crippen LogP contribution in [0.4, 0.5) is 4.79 Å². The zero-order valence-electron chi connectivity index (χ0n) is 14.6. The van der Waals surface area contributed by atoms with Crippen molar-refractivity contribution in [3.63, 3.8) is 0 Å². The summed E-state index contributed by atoms with van der Waals surface area (Å²) in [4.78, 5) is 25.6. The van der Waals surface area contributed by atoms with Crippen molar-refractivity contribution in [1.29, 1.82) is 0 Å². The van der Waals surface area contributed by atoms with Crippen molar-refractivity contribution in [2.24, 2.45) is 0 Å². The molecule has 0 saturated carbocycles. The van der Waals surface area contributed by atoms with Crippen LogP contribution in [0.1, 0.15) is 56.0 Å². The summed E-state index contributed by atoms with van der Waals surface area (Å²) in [5, 5.41) is 9.48. The fourth-order valence-corrected chi connectivity index (χ4v) is 3.73. The zero-order chi connectivity index (χ0) is 18.4. The zero-order valence-corrected chi connectivity index (χ0v) is 15.3. The van der Waals surface area contributed by atoms with Gasteiger partial charge in [-0.3, -0.25) is 4.90 Å². The molecule has 2 atom stereocenters. The largest absolute Gasteiger partial charge is 0.478 e. The Balaban J connectivity index is 1.86. The monoisotopic (exact) mass is 363 g/mol. The van der Waals surface area contributed by atoms with Gasteiger partial charge in [-0.2, -0.15) is 0 Å². The molecule has 0 aliphatic carbocycles. The van der Waals surface area contributed by atoms with Crippen molar-refractivity contribution in [2.45, 2.75) is 57.7 Å². The van der Waals surface area contributed by atoms with Gasteiger partial charge in [0.15, 0.2) is 0 Å². The predicted octanol–water partition coefficient (Wildman–Crippen LogP) is 4.59. The molecule has 1 amide bonds. The van der Waals surface area contributed by atoms with E-state index in [2.05, 4.69) is 6.08 Å². The van der Waals surface area contributed by atoms with E-state index in [0.717, 1.165) is 24.0 Å². The number of hydrogen-bond acceptors (Lipinski definition) is 3. The Morgan fingerprint density at radius 3 is 2.60 bits per heavy atom. The first-order valence-electron chi connectivity index (χ1n) is 8.41. The first-order chi connectivity index (χ1) is 11.7. The summed E-state index contributed by atoms with van der Waals surface area (Å²) in [5.74, 6) is -1.04. The molecule has 2 aliphatic rings. The average molecular weight is 364 g/mol. The Bertz CT molecular complexity index is 750. The van der Waals surface area contributed by atoms with Crippen molar-refractivity contribution >= 4 is 29.2 Å². The Labute approximate surface area is 152 Å². The molecule has 2 heterocycles. The number of nitrogens with zero attached hydrogens (tertiary/aromatic N) is 1. The van der Waals surface area contributed by atoms with Crippen LogP contribution in [0, 0.1) is 0 Å². The van der Waals surface area contributed by atoms with Crippen LogP contribution in [0.3, 0.4) is 0 Å². The molecule has 2 bridgehead atoms. The smallest absolute Gasteiger partial charge is 0.411 e. The number of rotatable bonds is 2. The molecule has 2 unspecified atom stereocenters. The number of ether oxygens (including phenoxy) is 1. The number of carbonyl (C=O) groups excluding carboxylic acids is 1. The second kappa shape index (κ2) is 6.37. The lowest BCUT2D eigenvalue weighted by molar-refractivity contribution is 0.0175. The number of benzene rings is 1. The topological polar surface area (TPSA) is 66.8 Å². The predicted molar refractivity (Wildman–Crippen MR) is 95.9 cm³/mol. The van der Waals surface area contributed by atoms with Gasteiger partial charge in [0.2, 0.25) is 0 Å². The summed E-state index contributed by atoms with van der Waals surface area (Å²) >= 11 is 5.96. The lowest BCUT2D eigenvalue weighted by Gasteiger charge is -2.35. The quantitative estimate of drug-likeness (QED) is 0.834. The molecule has 1 saturated heterocycles. The van der Waals surface area contributed by atoms with Crippen molar-refractivity contribution in [3.8, 4) is 0 Å². The summed E-state index contributed by atoms with van der Waals surface area (Å²) in [5.41, 5.74) is 1.49. The van der Waals surface area contributed by atoms with E-state index < -0.39 is 11.6 Å². The maximum absolute atomic E-state index is 12.5. The van der Waals surface area contributed by atoms with E-state index in [4.69, 9.17) is 16.3 Å². The van der Waals surface area contributed by atoms with Gasteiger partial charge in [0, 0.05) is 6.04 Å². The first-order valence-corrected chi connectivity index (χ1v) is 8.79. The highest BCUT2D eigenvalue weighted by Gasteiger charge is 2.41. The molecule has 1 fully saturated rings. The molecular formula is C19H22ClNO4. The minimum Gasteiger partial charge on any atom is -0.478 e. The first kappa shape index (κ1) is 17.8. The van der Waals surface area contributed by atoms with Gasteiger partial charge in [-0.1, -0.05) is 23.7 Å². The molecule has 0 aromatic heterocycles. The minimum atomic E-state index is -1.04. The number of fused-ring (bicyclic) bond motifs is 2. The maximum atomic E-state index is 12.5. The Morgan fingerprint density at radius 2 is 2.00 bits per heavy atom. The van der Waals surface area contributed by atoms with E-state index >= 15 is 0 Å². The third kappa shape index (κ3) is 3.66. The Hall–Kier alpha value is -2.01. The lowest BCUT2D eigenvalue weighted by atomic mass is 9.94. The standard InChI is InChI=1S/C19H22ClNO4/c1-19(2,3)25-18(24)21-13-5-6-14(21)9-12(8-13)11-4-7-16(20)15(10-11)17(22)23/h4,7-8,10,13-14H,5-6,9H2,1-3H3,(H,22,23). The molecule has 1 aromatic carbocycles. The van der Waals surface area contributed by atoms with Gasteiger partial charge in [-0.25, -0.2) is 9.59 Å². The molecule has 1 N–H and O–H groups in total. The molecule has 3 rings (SSSR count). The highest BCUT2D eigenvalue weighted by Crippen LogP contribution is 2.39. The second-order valence-corrected chi connectivity index (χ2v) is 7.99. The number of amides is 1. The molecule has 0 spiro atoms. The van der Waals surface area contributed by atoms with E-state index in [-0.39, 0.29) is 28.8 Å². The van der Waals surface area contributed by atoms with Crippen LogP contribution in [0.25, 0.3) is 5.57 Å². The van der Waals surface area contributed by atoms with E-state index in [0.29, 0.717) is 6.42 Å². The van der Waals surface area contributed by atoms with Crippen LogP contribution >= 0.6 is 11.6 Å². The molecule has 6 heteroatoms. The van der Waals surface area contributed by atoms with E-state index in [1.807, 2.05) is 31.7 Å². The van der Waals surface area contributed by atoms with Gasteiger partial charge in [-0.15, -0.1) is 0 Å². The minimum absolute atomic E-state index is 0.00689. The third-order valence-corrected chi connectivity index (χ3v) is 4.90. The Morgan fingerprint density at radius 1 is 1.28 bits per heavy atom. The van der Waals surface area contributed by atoms with Gasteiger partial charge in [0.1, 0.15) is 5.60 Å². The molecule has 1 aromatic rings. The van der Waals surface area contributed by atoms with E-state index in [1.165, 1.54) is 0 Å². The van der Waals surface area contributed by atoms with Gasteiger partial charge in [0.25, 0.3) is 0 Å². The van der Waals surface area contributed by atoms with Crippen LogP contribution in [0.5, 0.6) is 0 Å². The van der Waals surface area contributed by atoms with Crippen LogP contribution < -0.4 is 0 Å². The van der Waals surface area contributed by atoms with Crippen LogP contribution in [0.2, 0.25) is 5.02 Å².